The van der Waals surface area contributed by atoms with Crippen LogP contribution in [0.15, 0.2) is 34.1 Å². The fourth-order valence-corrected chi connectivity index (χ4v) is 3.36. The quantitative estimate of drug-likeness (QED) is 0.645. The first-order valence-corrected chi connectivity index (χ1v) is 7.30. The van der Waals surface area contributed by atoms with Crippen molar-refractivity contribution in [2.75, 3.05) is 0 Å². The molecule has 2 aromatic rings. The summed E-state index contributed by atoms with van der Waals surface area (Å²) in [4.78, 5) is 0.986. The molecule has 3 N–H and O–H groups in total. The van der Waals surface area contributed by atoms with Gasteiger partial charge in [-0.25, -0.2) is 4.39 Å². The zero-order chi connectivity index (χ0) is 13.1. The van der Waals surface area contributed by atoms with Gasteiger partial charge >= 0.3 is 0 Å². The van der Waals surface area contributed by atoms with Crippen LogP contribution in [0.5, 0.6) is 0 Å². The average Bonchev–Trinajstić information content (AvgIpc) is 2.77. The Morgan fingerprint density at radius 2 is 2.22 bits per heavy atom. The molecular weight excluding hydrogens is 339 g/mol. The Bertz CT molecular complexity index is 547. The molecule has 96 valence electrons. The number of benzene rings is 1. The number of halogens is 3. The van der Waals surface area contributed by atoms with Crippen LogP contribution in [0.1, 0.15) is 16.5 Å². The molecular formula is C12H11BrClFN2S. The van der Waals surface area contributed by atoms with E-state index in [2.05, 4.69) is 21.4 Å². The lowest BCUT2D eigenvalue weighted by Crippen LogP contribution is -2.29. The van der Waals surface area contributed by atoms with Gasteiger partial charge in [0.25, 0.3) is 0 Å². The van der Waals surface area contributed by atoms with E-state index in [9.17, 15) is 4.39 Å². The predicted molar refractivity (Wildman–Crippen MR) is 77.2 cm³/mol. The van der Waals surface area contributed by atoms with E-state index in [-0.39, 0.29) is 11.9 Å². The molecule has 0 saturated heterocycles. The lowest BCUT2D eigenvalue weighted by molar-refractivity contribution is 0.559. The molecule has 0 aliphatic heterocycles. The number of nitrogens with one attached hydrogen (secondary N) is 1. The highest BCUT2D eigenvalue weighted by Gasteiger charge is 2.16. The summed E-state index contributed by atoms with van der Waals surface area (Å²) in [5.41, 5.74) is 3.73. The van der Waals surface area contributed by atoms with Crippen LogP contribution in [0.3, 0.4) is 0 Å². The van der Waals surface area contributed by atoms with E-state index >= 15 is 0 Å². The molecule has 0 aliphatic rings. The summed E-state index contributed by atoms with van der Waals surface area (Å²) in [6.07, 6.45) is 0.648. The molecule has 0 saturated carbocycles. The van der Waals surface area contributed by atoms with Gasteiger partial charge in [-0.05, 0) is 51.5 Å². The second-order valence-electron chi connectivity index (χ2n) is 3.80. The van der Waals surface area contributed by atoms with Gasteiger partial charge in [-0.15, -0.1) is 11.3 Å². The molecule has 1 atom stereocenters. The molecule has 18 heavy (non-hydrogen) atoms. The maximum Gasteiger partial charge on any atom is 0.137 e. The van der Waals surface area contributed by atoms with Crippen molar-refractivity contribution in [3.05, 3.63) is 55.4 Å². The lowest BCUT2D eigenvalue weighted by Gasteiger charge is -2.15. The Labute approximate surface area is 122 Å². The largest absolute Gasteiger partial charge is 0.271 e. The highest BCUT2D eigenvalue weighted by molar-refractivity contribution is 9.10. The van der Waals surface area contributed by atoms with Gasteiger partial charge in [0, 0.05) is 4.88 Å². The Balaban J connectivity index is 2.20. The number of rotatable bonds is 4. The number of thiophene rings is 1. The number of hydrogen-bond acceptors (Lipinski definition) is 3. The summed E-state index contributed by atoms with van der Waals surface area (Å²) in [6.45, 7) is 0. The van der Waals surface area contributed by atoms with Gasteiger partial charge in [0.05, 0.1) is 15.5 Å². The summed E-state index contributed by atoms with van der Waals surface area (Å²) in [5, 5.41) is 2.62. The average molecular weight is 350 g/mol. The van der Waals surface area contributed by atoms with Crippen molar-refractivity contribution in [3.8, 4) is 0 Å². The summed E-state index contributed by atoms with van der Waals surface area (Å²) < 4.78 is 13.6. The van der Waals surface area contributed by atoms with Crippen LogP contribution in [0.2, 0.25) is 5.02 Å². The predicted octanol–water partition coefficient (Wildman–Crippen LogP) is 4.05. The van der Waals surface area contributed by atoms with E-state index in [1.165, 1.54) is 6.07 Å². The van der Waals surface area contributed by atoms with E-state index in [1.807, 2.05) is 11.4 Å². The fraction of sp³-hybridized carbons (Fsp3) is 0.167. The Morgan fingerprint density at radius 1 is 1.44 bits per heavy atom. The van der Waals surface area contributed by atoms with Crippen molar-refractivity contribution in [1.29, 1.82) is 0 Å². The first-order chi connectivity index (χ1) is 8.61. The smallest absolute Gasteiger partial charge is 0.137 e. The summed E-state index contributed by atoms with van der Waals surface area (Å²) in [6, 6.07) is 6.69. The number of nitrogens with two attached hydrogens (primary N) is 1. The van der Waals surface area contributed by atoms with Gasteiger partial charge in [-0.1, -0.05) is 17.7 Å². The maximum atomic E-state index is 13.1. The Morgan fingerprint density at radius 3 is 2.78 bits per heavy atom. The molecule has 2 nitrogen and oxygen atoms in total. The van der Waals surface area contributed by atoms with Gasteiger partial charge < -0.3 is 0 Å². The van der Waals surface area contributed by atoms with Crippen LogP contribution < -0.4 is 11.3 Å². The minimum Gasteiger partial charge on any atom is -0.271 e. The van der Waals surface area contributed by atoms with E-state index < -0.39 is 0 Å². The van der Waals surface area contributed by atoms with Gasteiger partial charge in [0.1, 0.15) is 5.82 Å². The van der Waals surface area contributed by atoms with Crippen LogP contribution in [-0.4, -0.2) is 0 Å². The normalized spacial score (nSPS) is 12.7. The van der Waals surface area contributed by atoms with Crippen LogP contribution in [0, 0.1) is 5.82 Å². The molecule has 0 radical (unpaired) electrons. The highest BCUT2D eigenvalue weighted by atomic mass is 79.9. The Kier molecular flexibility index (Phi) is 4.75. The third-order valence-corrected chi connectivity index (χ3v) is 4.67. The van der Waals surface area contributed by atoms with E-state index in [0.29, 0.717) is 15.9 Å². The maximum absolute atomic E-state index is 13.1. The molecule has 1 aromatic heterocycles. The number of hydrazine groups is 1. The van der Waals surface area contributed by atoms with E-state index in [4.69, 9.17) is 17.4 Å². The van der Waals surface area contributed by atoms with Gasteiger partial charge in [-0.2, -0.15) is 0 Å². The molecule has 1 heterocycles. The SMILES string of the molecule is NNC(Cc1ccc(F)c(Br)c1)c1sccc1Cl. The molecule has 6 heteroatoms. The minimum atomic E-state index is -0.273. The Hall–Kier alpha value is -0.460. The minimum absolute atomic E-state index is 0.0742. The topological polar surface area (TPSA) is 38.0 Å². The summed E-state index contributed by atoms with van der Waals surface area (Å²) in [7, 11) is 0. The van der Waals surface area contributed by atoms with E-state index in [0.717, 1.165) is 10.4 Å². The van der Waals surface area contributed by atoms with E-state index in [1.54, 1.807) is 23.5 Å². The molecule has 0 bridgehead atoms. The summed E-state index contributed by atoms with van der Waals surface area (Å²) in [5.74, 6) is 5.29. The molecule has 1 aromatic carbocycles. The van der Waals surface area contributed by atoms with Crippen molar-refractivity contribution in [1.82, 2.24) is 5.43 Å². The third-order valence-electron chi connectivity index (χ3n) is 2.59. The molecule has 2 rings (SSSR count). The van der Waals surface area contributed by atoms with Crippen LogP contribution in [0.25, 0.3) is 0 Å². The molecule has 0 amide bonds. The molecule has 0 spiro atoms. The highest BCUT2D eigenvalue weighted by Crippen LogP contribution is 2.31. The van der Waals surface area contributed by atoms with Crippen LogP contribution in [-0.2, 0) is 6.42 Å². The first kappa shape index (κ1) is 14.0. The molecule has 0 aliphatic carbocycles. The van der Waals surface area contributed by atoms with Crippen molar-refractivity contribution < 1.29 is 4.39 Å². The summed E-state index contributed by atoms with van der Waals surface area (Å²) >= 11 is 10.8. The van der Waals surface area contributed by atoms with Crippen molar-refractivity contribution in [3.63, 3.8) is 0 Å². The van der Waals surface area contributed by atoms with Gasteiger partial charge in [0.15, 0.2) is 0 Å². The van der Waals surface area contributed by atoms with Crippen molar-refractivity contribution in [2.45, 2.75) is 12.5 Å². The standard InChI is InChI=1S/C12H11BrClFN2S/c13-8-5-7(1-2-10(8)15)6-11(17-16)12-9(14)3-4-18-12/h1-5,11,17H,6,16H2. The second kappa shape index (κ2) is 6.12. The zero-order valence-electron chi connectivity index (χ0n) is 9.29. The van der Waals surface area contributed by atoms with Crippen molar-refractivity contribution in [2.24, 2.45) is 5.84 Å². The molecule has 0 fully saturated rings. The zero-order valence-corrected chi connectivity index (χ0v) is 12.4. The molecule has 1 unspecified atom stereocenters. The van der Waals surface area contributed by atoms with Crippen molar-refractivity contribution >= 4 is 38.9 Å². The number of hydrogen-bond donors (Lipinski definition) is 2. The monoisotopic (exact) mass is 348 g/mol. The third kappa shape index (κ3) is 3.10. The fourth-order valence-electron chi connectivity index (χ4n) is 1.68. The van der Waals surface area contributed by atoms with Gasteiger partial charge in [-0.3, -0.25) is 11.3 Å². The van der Waals surface area contributed by atoms with Crippen LogP contribution >= 0.6 is 38.9 Å². The first-order valence-electron chi connectivity index (χ1n) is 5.24. The van der Waals surface area contributed by atoms with Gasteiger partial charge in [0.2, 0.25) is 0 Å². The second-order valence-corrected chi connectivity index (χ2v) is 6.01. The lowest BCUT2D eigenvalue weighted by atomic mass is 10.1. The van der Waals surface area contributed by atoms with Crippen LogP contribution in [0.4, 0.5) is 4.39 Å².